The highest BCUT2D eigenvalue weighted by molar-refractivity contribution is 5.90. The molecule has 0 aliphatic rings. The predicted octanol–water partition coefficient (Wildman–Crippen LogP) is 3.15. The molecule has 0 saturated heterocycles. The predicted molar refractivity (Wildman–Crippen MR) is 89.4 cm³/mol. The van der Waals surface area contributed by atoms with Gasteiger partial charge in [-0.25, -0.2) is 15.0 Å². The number of nitrogens with zero attached hydrogens (tertiary/aromatic N) is 3. The molecule has 0 radical (unpaired) electrons. The van der Waals surface area contributed by atoms with E-state index in [0.717, 1.165) is 0 Å². The number of rotatable bonds is 7. The third kappa shape index (κ3) is 4.17. The molecule has 7 nitrogen and oxygen atoms in total. The van der Waals surface area contributed by atoms with Gasteiger partial charge in [-0.1, -0.05) is 12.1 Å². The molecule has 0 aliphatic heterocycles. The first kappa shape index (κ1) is 16.6. The quantitative estimate of drug-likeness (QED) is 0.503. The second-order valence-corrected chi connectivity index (χ2v) is 5.21. The van der Waals surface area contributed by atoms with Gasteiger partial charge in [-0.15, -0.1) is 0 Å². The fourth-order valence-corrected chi connectivity index (χ4v) is 2.26. The number of carbonyl (C=O) groups is 1. The summed E-state index contributed by atoms with van der Waals surface area (Å²) < 4.78 is 19.1. The zero-order valence-corrected chi connectivity index (χ0v) is 13.1. The fraction of sp³-hybridized carbons (Fsp3) is 0.176. The molecule has 2 aromatic heterocycles. The number of nitrogens with one attached hydrogen (secondary N) is 1. The Morgan fingerprint density at radius 1 is 1.24 bits per heavy atom. The van der Waals surface area contributed by atoms with Crippen LogP contribution in [0.2, 0.25) is 0 Å². The number of benzene rings is 1. The number of aromatic nitrogens is 3. The van der Waals surface area contributed by atoms with Crippen molar-refractivity contribution in [1.82, 2.24) is 15.0 Å². The van der Waals surface area contributed by atoms with Crippen LogP contribution in [0.3, 0.4) is 0 Å². The lowest BCUT2D eigenvalue weighted by Gasteiger charge is -2.13. The van der Waals surface area contributed by atoms with Crippen LogP contribution in [-0.2, 0) is 4.79 Å². The lowest BCUT2D eigenvalue weighted by Crippen LogP contribution is -2.04. The van der Waals surface area contributed by atoms with E-state index in [9.17, 15) is 9.18 Å². The van der Waals surface area contributed by atoms with E-state index in [2.05, 4.69) is 20.3 Å². The van der Waals surface area contributed by atoms with Crippen molar-refractivity contribution >= 4 is 28.4 Å². The van der Waals surface area contributed by atoms with Gasteiger partial charge in [-0.2, -0.15) is 4.39 Å². The van der Waals surface area contributed by atoms with E-state index in [1.54, 1.807) is 18.2 Å². The molecule has 0 fully saturated rings. The summed E-state index contributed by atoms with van der Waals surface area (Å²) in [6.07, 6.45) is 3.14. The van der Waals surface area contributed by atoms with Crippen LogP contribution in [0.4, 0.5) is 15.9 Å². The van der Waals surface area contributed by atoms with Crippen molar-refractivity contribution in [1.29, 1.82) is 0 Å². The Morgan fingerprint density at radius 2 is 2.08 bits per heavy atom. The Kier molecular flexibility index (Phi) is 4.98. The van der Waals surface area contributed by atoms with Crippen LogP contribution in [0.1, 0.15) is 12.8 Å². The van der Waals surface area contributed by atoms with E-state index in [0.29, 0.717) is 34.6 Å². The zero-order valence-electron chi connectivity index (χ0n) is 13.1. The van der Waals surface area contributed by atoms with Gasteiger partial charge >= 0.3 is 5.97 Å². The fourth-order valence-electron chi connectivity index (χ4n) is 2.26. The third-order valence-corrected chi connectivity index (χ3v) is 3.42. The second kappa shape index (κ2) is 7.52. The van der Waals surface area contributed by atoms with Crippen molar-refractivity contribution in [2.24, 2.45) is 0 Å². The molecule has 1 aromatic carbocycles. The number of halogens is 1. The van der Waals surface area contributed by atoms with Crippen molar-refractivity contribution < 1.29 is 19.0 Å². The average Bonchev–Trinajstić information content (AvgIpc) is 2.60. The lowest BCUT2D eigenvalue weighted by molar-refractivity contribution is -0.137. The molecule has 0 amide bonds. The van der Waals surface area contributed by atoms with Gasteiger partial charge in [0.15, 0.2) is 0 Å². The molecule has 25 heavy (non-hydrogen) atoms. The number of pyridine rings is 1. The van der Waals surface area contributed by atoms with Gasteiger partial charge in [0.1, 0.15) is 17.9 Å². The van der Waals surface area contributed by atoms with Crippen LogP contribution in [0, 0.1) is 5.95 Å². The number of fused-ring (bicyclic) bond motifs is 1. The summed E-state index contributed by atoms with van der Waals surface area (Å²) in [5, 5.41) is 12.3. The molecule has 0 spiro atoms. The number of carboxylic acids is 1. The van der Waals surface area contributed by atoms with Crippen molar-refractivity contribution in [3.63, 3.8) is 0 Å². The Bertz CT molecular complexity index is 904. The van der Waals surface area contributed by atoms with Gasteiger partial charge in [0.2, 0.25) is 5.95 Å². The molecular formula is C17H15FN4O3. The zero-order chi connectivity index (χ0) is 17.6. The number of para-hydroxylation sites is 2. The third-order valence-electron chi connectivity index (χ3n) is 3.42. The van der Waals surface area contributed by atoms with E-state index in [1.807, 2.05) is 6.07 Å². The second-order valence-electron chi connectivity index (χ2n) is 5.21. The van der Waals surface area contributed by atoms with Gasteiger partial charge in [0.25, 0.3) is 0 Å². The first-order chi connectivity index (χ1) is 12.1. The summed E-state index contributed by atoms with van der Waals surface area (Å²) >= 11 is 0. The minimum atomic E-state index is -0.863. The molecule has 0 atom stereocenters. The topological polar surface area (TPSA) is 97.2 Å². The largest absolute Gasteiger partial charge is 0.491 e. The first-order valence-electron chi connectivity index (χ1n) is 7.60. The summed E-state index contributed by atoms with van der Waals surface area (Å²) in [6, 6.07) is 8.43. The van der Waals surface area contributed by atoms with E-state index >= 15 is 0 Å². The monoisotopic (exact) mass is 342 g/mol. The van der Waals surface area contributed by atoms with Crippen molar-refractivity contribution in [2.75, 3.05) is 11.9 Å². The SMILES string of the molecule is O=C(O)CCCOc1ccccc1Nc1ncnc2cnc(F)cc12. The summed E-state index contributed by atoms with van der Waals surface area (Å²) in [4.78, 5) is 22.3. The van der Waals surface area contributed by atoms with Crippen molar-refractivity contribution in [3.05, 3.63) is 48.8 Å². The molecule has 2 N–H and O–H groups in total. The van der Waals surface area contributed by atoms with Crippen LogP contribution in [-0.4, -0.2) is 32.6 Å². The Labute approximate surface area is 142 Å². The summed E-state index contributed by atoms with van der Waals surface area (Å²) in [5.74, 6) is -0.510. The minimum absolute atomic E-state index is 0.0401. The Morgan fingerprint density at radius 3 is 2.92 bits per heavy atom. The average molecular weight is 342 g/mol. The summed E-state index contributed by atoms with van der Waals surface area (Å²) in [7, 11) is 0. The molecule has 0 saturated carbocycles. The van der Waals surface area contributed by atoms with Crippen molar-refractivity contribution in [3.8, 4) is 5.75 Å². The number of ether oxygens (including phenoxy) is 1. The summed E-state index contributed by atoms with van der Waals surface area (Å²) in [6.45, 7) is 0.272. The molecule has 3 aromatic rings. The highest BCUT2D eigenvalue weighted by Gasteiger charge is 2.09. The number of hydrogen-bond acceptors (Lipinski definition) is 6. The van der Waals surface area contributed by atoms with Crippen LogP contribution in [0.25, 0.3) is 10.9 Å². The first-order valence-corrected chi connectivity index (χ1v) is 7.60. The van der Waals surface area contributed by atoms with Gasteiger partial charge in [0, 0.05) is 17.9 Å². The highest BCUT2D eigenvalue weighted by atomic mass is 19.1. The molecule has 8 heteroatoms. The van der Waals surface area contributed by atoms with E-state index < -0.39 is 11.9 Å². The van der Waals surface area contributed by atoms with Crippen LogP contribution >= 0.6 is 0 Å². The van der Waals surface area contributed by atoms with Gasteiger partial charge < -0.3 is 15.2 Å². The van der Waals surface area contributed by atoms with E-state index in [4.69, 9.17) is 9.84 Å². The molecule has 0 aliphatic carbocycles. The Balaban J connectivity index is 1.81. The highest BCUT2D eigenvalue weighted by Crippen LogP contribution is 2.29. The number of anilines is 2. The van der Waals surface area contributed by atoms with Gasteiger partial charge in [-0.05, 0) is 18.6 Å². The Hall–Kier alpha value is -3.29. The molecule has 2 heterocycles. The standard InChI is InChI=1S/C17H15FN4O3/c18-15-8-11-13(9-19-15)20-10-21-17(11)22-12-4-1-2-5-14(12)25-7-3-6-16(23)24/h1-2,4-5,8-10H,3,6-7H2,(H,23,24)(H,20,21,22). The number of carboxylic acid groups (broad SMARTS) is 1. The smallest absolute Gasteiger partial charge is 0.303 e. The molecule has 0 unspecified atom stereocenters. The number of hydrogen-bond donors (Lipinski definition) is 2. The molecular weight excluding hydrogens is 327 g/mol. The molecule has 3 rings (SSSR count). The normalized spacial score (nSPS) is 10.6. The van der Waals surface area contributed by atoms with Crippen LogP contribution < -0.4 is 10.1 Å². The van der Waals surface area contributed by atoms with Crippen LogP contribution in [0.15, 0.2) is 42.9 Å². The maximum Gasteiger partial charge on any atom is 0.303 e. The maximum atomic E-state index is 13.4. The number of aliphatic carboxylic acids is 1. The minimum Gasteiger partial charge on any atom is -0.491 e. The molecule has 128 valence electrons. The van der Waals surface area contributed by atoms with E-state index in [1.165, 1.54) is 18.6 Å². The lowest BCUT2D eigenvalue weighted by atomic mass is 10.2. The van der Waals surface area contributed by atoms with Crippen molar-refractivity contribution in [2.45, 2.75) is 12.8 Å². The van der Waals surface area contributed by atoms with Gasteiger partial charge in [0.05, 0.1) is 24.0 Å². The van der Waals surface area contributed by atoms with Gasteiger partial charge in [-0.3, -0.25) is 4.79 Å². The molecule has 0 bridgehead atoms. The van der Waals surface area contributed by atoms with Crippen LogP contribution in [0.5, 0.6) is 5.75 Å². The maximum absolute atomic E-state index is 13.4. The van der Waals surface area contributed by atoms with E-state index in [-0.39, 0.29) is 13.0 Å². The summed E-state index contributed by atoms with van der Waals surface area (Å²) in [5.41, 5.74) is 1.15.